The Morgan fingerprint density at radius 1 is 1.15 bits per heavy atom. The molecule has 0 atom stereocenters. The van der Waals surface area contributed by atoms with Gasteiger partial charge in [-0.15, -0.1) is 0 Å². The van der Waals surface area contributed by atoms with Gasteiger partial charge < -0.3 is 5.32 Å². The predicted molar refractivity (Wildman–Crippen MR) is 95.9 cm³/mol. The van der Waals surface area contributed by atoms with Gasteiger partial charge in [-0.3, -0.25) is 14.9 Å². The van der Waals surface area contributed by atoms with Crippen molar-refractivity contribution in [3.63, 3.8) is 0 Å². The molecule has 0 radical (unpaired) electrons. The van der Waals surface area contributed by atoms with Crippen molar-refractivity contribution >= 4 is 21.6 Å². The Kier molecular flexibility index (Phi) is 5.10. The van der Waals surface area contributed by atoms with Crippen LogP contribution in [0.2, 0.25) is 0 Å². The van der Waals surface area contributed by atoms with Crippen molar-refractivity contribution in [3.05, 3.63) is 72.3 Å². The lowest BCUT2D eigenvalue weighted by molar-refractivity contribution is 0.102. The van der Waals surface area contributed by atoms with E-state index in [0.29, 0.717) is 11.4 Å². The van der Waals surface area contributed by atoms with Gasteiger partial charge in [-0.25, -0.2) is 8.42 Å². The number of hydrogen-bond donors (Lipinski definition) is 2. The first-order valence-electron chi connectivity index (χ1n) is 7.74. The van der Waals surface area contributed by atoms with Crippen LogP contribution in [0.4, 0.5) is 5.69 Å². The van der Waals surface area contributed by atoms with Crippen LogP contribution in [0.25, 0.3) is 0 Å². The zero-order chi connectivity index (χ0) is 18.6. The maximum Gasteiger partial charge on any atom is 0.274 e. The quantitative estimate of drug-likeness (QED) is 0.688. The number of benzene rings is 1. The van der Waals surface area contributed by atoms with Crippen LogP contribution in [0, 0.1) is 0 Å². The third-order valence-electron chi connectivity index (χ3n) is 3.65. The van der Waals surface area contributed by atoms with E-state index in [1.54, 1.807) is 42.6 Å². The van der Waals surface area contributed by atoms with Gasteiger partial charge in [0.25, 0.3) is 5.91 Å². The molecule has 2 aromatic heterocycles. The Balaban J connectivity index is 1.78. The molecule has 1 amide bonds. The van der Waals surface area contributed by atoms with Crippen LogP contribution in [0.1, 0.15) is 16.2 Å². The molecule has 0 aliphatic rings. The summed E-state index contributed by atoms with van der Waals surface area (Å²) in [6.07, 6.45) is 3.07. The maximum atomic E-state index is 12.7. The van der Waals surface area contributed by atoms with E-state index in [-0.39, 0.29) is 17.1 Å². The number of amides is 1. The van der Waals surface area contributed by atoms with Crippen LogP contribution < -0.4 is 5.32 Å². The number of pyridine rings is 1. The van der Waals surface area contributed by atoms with Gasteiger partial charge in [0.05, 0.1) is 17.1 Å². The maximum absolute atomic E-state index is 12.7. The number of rotatable bonds is 6. The normalized spacial score (nSPS) is 11.5. The number of anilines is 1. The van der Waals surface area contributed by atoms with E-state index in [1.165, 1.54) is 29.7 Å². The smallest absolute Gasteiger partial charge is 0.274 e. The highest BCUT2D eigenvalue weighted by molar-refractivity contribution is 7.89. The van der Waals surface area contributed by atoms with Crippen molar-refractivity contribution in [1.29, 1.82) is 0 Å². The monoisotopic (exact) mass is 371 g/mol. The summed E-state index contributed by atoms with van der Waals surface area (Å²) in [5.74, 6) is -0.411. The van der Waals surface area contributed by atoms with E-state index in [2.05, 4.69) is 20.5 Å². The molecule has 0 fully saturated rings. The second-order valence-electron chi connectivity index (χ2n) is 5.54. The van der Waals surface area contributed by atoms with Gasteiger partial charge >= 0.3 is 0 Å². The number of nitrogens with one attached hydrogen (secondary N) is 2. The Hall–Kier alpha value is -3.04. The van der Waals surface area contributed by atoms with Crippen molar-refractivity contribution in [1.82, 2.24) is 19.5 Å². The van der Waals surface area contributed by atoms with Gasteiger partial charge in [0.2, 0.25) is 10.0 Å². The lowest BCUT2D eigenvalue weighted by Crippen LogP contribution is -2.26. The molecule has 3 rings (SSSR count). The van der Waals surface area contributed by atoms with E-state index >= 15 is 0 Å². The average Bonchev–Trinajstić information content (AvgIpc) is 3.15. The van der Waals surface area contributed by atoms with Crippen molar-refractivity contribution in [2.24, 2.45) is 0 Å². The van der Waals surface area contributed by atoms with Gasteiger partial charge in [0, 0.05) is 25.1 Å². The first-order chi connectivity index (χ1) is 12.5. The third-order valence-corrected chi connectivity index (χ3v) is 5.45. The van der Waals surface area contributed by atoms with E-state index in [9.17, 15) is 13.2 Å². The molecule has 0 unspecified atom stereocenters. The Morgan fingerprint density at radius 3 is 2.69 bits per heavy atom. The van der Waals surface area contributed by atoms with Crippen molar-refractivity contribution in [2.75, 3.05) is 12.4 Å². The first-order valence-corrected chi connectivity index (χ1v) is 9.18. The predicted octanol–water partition coefficient (Wildman–Crippen LogP) is 1.88. The molecule has 26 heavy (non-hydrogen) atoms. The molecule has 0 saturated heterocycles. The lowest BCUT2D eigenvalue weighted by Gasteiger charge is -2.17. The van der Waals surface area contributed by atoms with E-state index in [1.807, 2.05) is 0 Å². The zero-order valence-corrected chi connectivity index (χ0v) is 14.8. The molecule has 0 spiro atoms. The number of sulfonamides is 1. The standard InChI is InChI=1S/C17H17N5O3S/c1-22(12-14-8-10-19-21-14)26(24,25)15-6-4-5-13(11-15)20-17(23)16-7-2-3-9-18-16/h2-11H,12H2,1H3,(H,19,21)(H,20,23). The highest BCUT2D eigenvalue weighted by Gasteiger charge is 2.22. The Bertz CT molecular complexity index is 988. The molecular formula is C17H17N5O3S. The van der Waals surface area contributed by atoms with Crippen LogP contribution >= 0.6 is 0 Å². The van der Waals surface area contributed by atoms with Crippen molar-refractivity contribution < 1.29 is 13.2 Å². The third kappa shape index (κ3) is 3.95. The second kappa shape index (κ2) is 7.46. The van der Waals surface area contributed by atoms with Crippen LogP contribution in [0.5, 0.6) is 0 Å². The SMILES string of the molecule is CN(Cc1ccn[nH]1)S(=O)(=O)c1cccc(NC(=O)c2ccccn2)c1. The molecule has 0 saturated carbocycles. The summed E-state index contributed by atoms with van der Waals surface area (Å²) < 4.78 is 26.7. The summed E-state index contributed by atoms with van der Waals surface area (Å²) in [6.45, 7) is 0.160. The van der Waals surface area contributed by atoms with Crippen LogP contribution in [0.3, 0.4) is 0 Å². The fourth-order valence-electron chi connectivity index (χ4n) is 2.30. The van der Waals surface area contributed by atoms with Gasteiger partial charge in [-0.2, -0.15) is 9.40 Å². The second-order valence-corrected chi connectivity index (χ2v) is 7.58. The number of carbonyl (C=O) groups is 1. The molecule has 134 valence electrons. The summed E-state index contributed by atoms with van der Waals surface area (Å²) in [6, 6.07) is 12.8. The number of aromatic amines is 1. The zero-order valence-electron chi connectivity index (χ0n) is 14.0. The topological polar surface area (TPSA) is 108 Å². The fourth-order valence-corrected chi connectivity index (χ4v) is 3.50. The van der Waals surface area contributed by atoms with E-state index in [0.717, 1.165) is 0 Å². The summed E-state index contributed by atoms with van der Waals surface area (Å²) in [7, 11) is -2.24. The summed E-state index contributed by atoms with van der Waals surface area (Å²) in [4.78, 5) is 16.2. The highest BCUT2D eigenvalue weighted by Crippen LogP contribution is 2.20. The number of H-pyrrole nitrogens is 1. The largest absolute Gasteiger partial charge is 0.321 e. The van der Waals surface area contributed by atoms with Gasteiger partial charge in [0.15, 0.2) is 0 Å². The van der Waals surface area contributed by atoms with Crippen molar-refractivity contribution in [2.45, 2.75) is 11.4 Å². The van der Waals surface area contributed by atoms with Gasteiger partial charge in [-0.05, 0) is 36.4 Å². The number of carbonyl (C=O) groups excluding carboxylic acids is 1. The van der Waals surface area contributed by atoms with Crippen LogP contribution in [0.15, 0.2) is 65.8 Å². The number of aromatic nitrogens is 3. The van der Waals surface area contributed by atoms with Gasteiger partial charge in [0.1, 0.15) is 5.69 Å². The minimum Gasteiger partial charge on any atom is -0.321 e. The van der Waals surface area contributed by atoms with Crippen LogP contribution in [-0.4, -0.2) is 40.9 Å². The lowest BCUT2D eigenvalue weighted by atomic mass is 10.3. The Morgan fingerprint density at radius 2 is 2.00 bits per heavy atom. The number of hydrogen-bond acceptors (Lipinski definition) is 5. The van der Waals surface area contributed by atoms with E-state index in [4.69, 9.17) is 0 Å². The molecule has 9 heteroatoms. The summed E-state index contributed by atoms with van der Waals surface area (Å²) in [5.41, 5.74) is 1.30. The molecule has 0 aliphatic carbocycles. The van der Waals surface area contributed by atoms with Crippen molar-refractivity contribution in [3.8, 4) is 0 Å². The molecule has 8 nitrogen and oxygen atoms in total. The van der Waals surface area contributed by atoms with Crippen LogP contribution in [-0.2, 0) is 16.6 Å². The Labute approximate surface area is 150 Å². The van der Waals surface area contributed by atoms with E-state index < -0.39 is 15.9 Å². The molecular weight excluding hydrogens is 354 g/mol. The first kappa shape index (κ1) is 17.8. The molecule has 0 bridgehead atoms. The minimum absolute atomic E-state index is 0.0818. The average molecular weight is 371 g/mol. The molecule has 1 aromatic carbocycles. The molecule has 3 aromatic rings. The summed E-state index contributed by atoms with van der Waals surface area (Å²) in [5, 5.41) is 9.19. The molecule has 2 N–H and O–H groups in total. The minimum atomic E-state index is -3.72. The fraction of sp³-hybridized carbons (Fsp3) is 0.118. The van der Waals surface area contributed by atoms with Gasteiger partial charge in [-0.1, -0.05) is 12.1 Å². The molecule has 2 heterocycles. The molecule has 0 aliphatic heterocycles. The number of nitrogens with zero attached hydrogens (tertiary/aromatic N) is 3. The highest BCUT2D eigenvalue weighted by atomic mass is 32.2. The summed E-state index contributed by atoms with van der Waals surface area (Å²) >= 11 is 0.